The zero-order chi connectivity index (χ0) is 9.14. The number of nitrogens with one attached hydrogen (secondary N) is 1. The van der Waals surface area contributed by atoms with E-state index >= 15 is 0 Å². The molecule has 0 unspecified atom stereocenters. The fourth-order valence-corrected chi connectivity index (χ4v) is 1.12. The minimum atomic E-state index is 0.544. The Balaban J connectivity index is 2.89. The summed E-state index contributed by atoms with van der Waals surface area (Å²) in [4.78, 5) is 0. The maximum Gasteiger partial charge on any atom is 0.0612 e. The van der Waals surface area contributed by atoms with Crippen molar-refractivity contribution in [3.63, 3.8) is 0 Å². The van der Waals surface area contributed by atoms with Crippen LogP contribution in [0.15, 0.2) is 30.5 Å². The van der Waals surface area contributed by atoms with Crippen LogP contribution in [0.1, 0.15) is 6.92 Å². The van der Waals surface area contributed by atoms with Gasteiger partial charge < -0.3 is 5.32 Å². The van der Waals surface area contributed by atoms with Crippen LogP contribution in [0.4, 0.5) is 5.69 Å². The van der Waals surface area contributed by atoms with E-state index < -0.39 is 0 Å². The summed E-state index contributed by atoms with van der Waals surface area (Å²) in [6, 6.07) is 5.36. The number of hydrogen-bond donors (Lipinski definition) is 1. The first kappa shape index (κ1) is 9.43. The average Bonchev–Trinajstić information content (AvgIpc) is 1.96. The quantitative estimate of drug-likeness (QED) is 0.765. The molecule has 0 radical (unpaired) electrons. The van der Waals surface area contributed by atoms with E-state index in [1.165, 1.54) is 0 Å². The van der Waals surface area contributed by atoms with Gasteiger partial charge in [-0.05, 0) is 25.1 Å². The van der Waals surface area contributed by atoms with E-state index in [0.29, 0.717) is 10.0 Å². The van der Waals surface area contributed by atoms with Crippen LogP contribution in [-0.4, -0.2) is 0 Å². The van der Waals surface area contributed by atoms with Crippen LogP contribution < -0.4 is 5.32 Å². The highest BCUT2D eigenvalue weighted by Crippen LogP contribution is 2.25. The van der Waals surface area contributed by atoms with E-state index in [1.54, 1.807) is 12.1 Å². The second-order valence-electron chi connectivity index (χ2n) is 2.53. The van der Waals surface area contributed by atoms with Crippen LogP contribution in [0, 0.1) is 0 Å². The van der Waals surface area contributed by atoms with Gasteiger partial charge in [0.05, 0.1) is 10.0 Å². The molecule has 12 heavy (non-hydrogen) atoms. The van der Waals surface area contributed by atoms with E-state index in [4.69, 9.17) is 23.2 Å². The Morgan fingerprint density at radius 1 is 1.33 bits per heavy atom. The van der Waals surface area contributed by atoms with Crippen LogP contribution in [0.2, 0.25) is 10.0 Å². The summed E-state index contributed by atoms with van der Waals surface area (Å²) in [5.74, 6) is 0. The highest BCUT2D eigenvalue weighted by molar-refractivity contribution is 6.42. The van der Waals surface area contributed by atoms with E-state index in [-0.39, 0.29) is 0 Å². The molecule has 0 saturated heterocycles. The molecule has 0 atom stereocenters. The molecule has 0 aromatic heterocycles. The summed E-state index contributed by atoms with van der Waals surface area (Å²) >= 11 is 11.5. The third kappa shape index (κ3) is 2.43. The van der Waals surface area contributed by atoms with Crippen molar-refractivity contribution < 1.29 is 0 Å². The molecule has 0 heterocycles. The third-order valence-corrected chi connectivity index (χ3v) is 2.02. The second kappa shape index (κ2) is 3.83. The third-order valence-electron chi connectivity index (χ3n) is 1.28. The number of hydrogen-bond acceptors (Lipinski definition) is 1. The van der Waals surface area contributed by atoms with Crippen LogP contribution in [0.5, 0.6) is 0 Å². The van der Waals surface area contributed by atoms with Crippen molar-refractivity contribution in [2.24, 2.45) is 0 Å². The largest absolute Gasteiger partial charge is 0.360 e. The van der Waals surface area contributed by atoms with Crippen molar-refractivity contribution in [3.05, 3.63) is 40.5 Å². The van der Waals surface area contributed by atoms with Crippen molar-refractivity contribution in [3.8, 4) is 0 Å². The van der Waals surface area contributed by atoms with Gasteiger partial charge in [-0.15, -0.1) is 0 Å². The maximum absolute atomic E-state index is 5.80. The Morgan fingerprint density at radius 3 is 2.50 bits per heavy atom. The Labute approximate surface area is 82.0 Å². The van der Waals surface area contributed by atoms with Crippen molar-refractivity contribution in [1.82, 2.24) is 0 Å². The van der Waals surface area contributed by atoms with E-state index in [1.807, 2.05) is 13.0 Å². The topological polar surface area (TPSA) is 12.0 Å². The lowest BCUT2D eigenvalue weighted by atomic mass is 10.3. The summed E-state index contributed by atoms with van der Waals surface area (Å²) in [6.07, 6.45) is 0. The molecular weight excluding hydrogens is 193 g/mol. The van der Waals surface area contributed by atoms with Gasteiger partial charge in [0, 0.05) is 11.4 Å². The molecule has 1 aromatic carbocycles. The van der Waals surface area contributed by atoms with Crippen molar-refractivity contribution in [1.29, 1.82) is 0 Å². The predicted octanol–water partition coefficient (Wildman–Crippen LogP) is 3.94. The molecule has 0 saturated carbocycles. The molecule has 1 N–H and O–H groups in total. The summed E-state index contributed by atoms with van der Waals surface area (Å²) in [5.41, 5.74) is 1.77. The molecule has 1 nitrogen and oxygen atoms in total. The molecule has 3 heteroatoms. The number of allylic oxidation sites excluding steroid dienone is 1. The number of benzene rings is 1. The van der Waals surface area contributed by atoms with Gasteiger partial charge in [-0.3, -0.25) is 0 Å². The van der Waals surface area contributed by atoms with Gasteiger partial charge in [0.2, 0.25) is 0 Å². The predicted molar refractivity (Wildman–Crippen MR) is 54.9 cm³/mol. The van der Waals surface area contributed by atoms with Gasteiger partial charge in [-0.1, -0.05) is 29.8 Å². The zero-order valence-electron chi connectivity index (χ0n) is 6.70. The van der Waals surface area contributed by atoms with Crippen LogP contribution >= 0.6 is 23.2 Å². The molecule has 1 aromatic rings. The van der Waals surface area contributed by atoms with Gasteiger partial charge in [-0.25, -0.2) is 0 Å². The first-order valence-corrected chi connectivity index (χ1v) is 4.23. The smallest absolute Gasteiger partial charge is 0.0612 e. The van der Waals surface area contributed by atoms with Gasteiger partial charge in [0.15, 0.2) is 0 Å². The van der Waals surface area contributed by atoms with E-state index in [9.17, 15) is 0 Å². The maximum atomic E-state index is 5.80. The molecule has 0 spiro atoms. The summed E-state index contributed by atoms with van der Waals surface area (Å²) in [6.45, 7) is 5.59. The average molecular weight is 202 g/mol. The van der Waals surface area contributed by atoms with E-state index in [0.717, 1.165) is 11.4 Å². The Hall–Kier alpha value is -0.660. The standard InChI is InChI=1S/C9H9Cl2N/c1-6(2)12-7-3-4-8(10)9(11)5-7/h3-5,12H,1H2,2H3. The lowest BCUT2D eigenvalue weighted by molar-refractivity contribution is 1.40. The number of rotatable bonds is 2. The van der Waals surface area contributed by atoms with Gasteiger partial charge in [-0.2, -0.15) is 0 Å². The monoisotopic (exact) mass is 201 g/mol. The van der Waals surface area contributed by atoms with Crippen molar-refractivity contribution >= 4 is 28.9 Å². The van der Waals surface area contributed by atoms with Crippen molar-refractivity contribution in [2.45, 2.75) is 6.92 Å². The molecule has 0 amide bonds. The number of halogens is 2. The van der Waals surface area contributed by atoms with Crippen LogP contribution in [-0.2, 0) is 0 Å². The molecule has 0 aliphatic carbocycles. The van der Waals surface area contributed by atoms with Crippen molar-refractivity contribution in [2.75, 3.05) is 5.32 Å². The molecule has 64 valence electrons. The Bertz CT molecular complexity index is 307. The lowest BCUT2D eigenvalue weighted by Crippen LogP contribution is -1.92. The minimum Gasteiger partial charge on any atom is -0.360 e. The SMILES string of the molecule is C=C(C)Nc1ccc(Cl)c(Cl)c1. The highest BCUT2D eigenvalue weighted by Gasteiger charge is 1.97. The molecular formula is C9H9Cl2N. The first-order valence-electron chi connectivity index (χ1n) is 3.47. The zero-order valence-corrected chi connectivity index (χ0v) is 8.21. The fourth-order valence-electron chi connectivity index (χ4n) is 0.820. The molecule has 0 aliphatic rings. The second-order valence-corrected chi connectivity index (χ2v) is 3.35. The summed E-state index contributed by atoms with van der Waals surface area (Å²) < 4.78 is 0. The summed E-state index contributed by atoms with van der Waals surface area (Å²) in [5, 5.41) is 4.14. The Kier molecular flexibility index (Phi) is 3.01. The van der Waals surface area contributed by atoms with Crippen LogP contribution in [0.25, 0.3) is 0 Å². The molecule has 0 bridgehead atoms. The lowest BCUT2D eigenvalue weighted by Gasteiger charge is -2.05. The molecule has 0 fully saturated rings. The summed E-state index contributed by atoms with van der Waals surface area (Å²) in [7, 11) is 0. The van der Waals surface area contributed by atoms with Gasteiger partial charge in [0.25, 0.3) is 0 Å². The minimum absolute atomic E-state index is 0.544. The Morgan fingerprint density at radius 2 is 2.00 bits per heavy atom. The molecule has 0 aliphatic heterocycles. The first-order chi connectivity index (χ1) is 5.59. The highest BCUT2D eigenvalue weighted by atomic mass is 35.5. The van der Waals surface area contributed by atoms with Gasteiger partial charge >= 0.3 is 0 Å². The number of anilines is 1. The van der Waals surface area contributed by atoms with E-state index in [2.05, 4.69) is 11.9 Å². The van der Waals surface area contributed by atoms with Crippen LogP contribution in [0.3, 0.4) is 0 Å². The van der Waals surface area contributed by atoms with Gasteiger partial charge in [0.1, 0.15) is 0 Å². The fraction of sp³-hybridized carbons (Fsp3) is 0.111. The normalized spacial score (nSPS) is 9.58. The molecule has 1 rings (SSSR count).